The van der Waals surface area contributed by atoms with Crippen molar-refractivity contribution in [2.75, 3.05) is 18.6 Å². The Kier molecular flexibility index (Phi) is 7.73. The third-order valence-electron chi connectivity index (χ3n) is 5.73. The summed E-state index contributed by atoms with van der Waals surface area (Å²) in [6.07, 6.45) is 4.27. The number of nitrogens with zero attached hydrogens (tertiary/aromatic N) is 2. The fraction of sp³-hybridized carbons (Fsp3) is 0.143. The molecule has 2 aromatic carbocycles. The van der Waals surface area contributed by atoms with Crippen LogP contribution in [0.3, 0.4) is 0 Å². The summed E-state index contributed by atoms with van der Waals surface area (Å²) in [5.74, 6) is -2.88. The van der Waals surface area contributed by atoms with E-state index < -0.39 is 29.5 Å². The van der Waals surface area contributed by atoms with Gasteiger partial charge in [-0.15, -0.1) is 0 Å². The second-order valence-electron chi connectivity index (χ2n) is 8.18. The van der Waals surface area contributed by atoms with Crippen molar-refractivity contribution in [1.82, 2.24) is 4.98 Å². The Labute approximate surface area is 222 Å². The van der Waals surface area contributed by atoms with Crippen molar-refractivity contribution in [2.45, 2.75) is 13.0 Å². The number of hydrogen-bond acceptors (Lipinski definition) is 9. The zero-order chi connectivity index (χ0) is 27.4. The molecule has 1 aliphatic rings. The summed E-state index contributed by atoms with van der Waals surface area (Å²) < 4.78 is 10.3. The van der Waals surface area contributed by atoms with Crippen LogP contribution < -0.4 is 9.64 Å². The smallest absolute Gasteiger partial charge is 0.350 e. The maximum Gasteiger partial charge on any atom is 0.350 e. The number of aromatic hydroxyl groups is 1. The highest BCUT2D eigenvalue weighted by Crippen LogP contribution is 2.44. The number of methoxy groups -OCH3 is 1. The van der Waals surface area contributed by atoms with Crippen molar-refractivity contribution >= 4 is 40.2 Å². The number of aryl methyl sites for hydroxylation is 1. The molecular weight excluding hydrogens is 508 g/mol. The highest BCUT2D eigenvalue weighted by Gasteiger charge is 2.45. The summed E-state index contributed by atoms with van der Waals surface area (Å²) in [6.45, 7) is 5.10. The van der Waals surface area contributed by atoms with Crippen molar-refractivity contribution in [3.05, 3.63) is 100 Å². The van der Waals surface area contributed by atoms with Gasteiger partial charge in [-0.25, -0.2) is 9.78 Å². The number of phenolic OH excluding ortho intramolecular Hbond substituents is 1. The monoisotopic (exact) mass is 532 g/mol. The largest absolute Gasteiger partial charge is 0.504 e. The van der Waals surface area contributed by atoms with Crippen molar-refractivity contribution in [1.29, 1.82) is 0 Å². The number of carbonyl (C=O) groups is 3. The molecule has 0 saturated heterocycles. The topological polar surface area (TPSA) is 126 Å². The van der Waals surface area contributed by atoms with Gasteiger partial charge in [0.25, 0.3) is 5.91 Å². The molecule has 9 nitrogen and oxygen atoms in total. The van der Waals surface area contributed by atoms with Crippen LogP contribution in [0.4, 0.5) is 5.13 Å². The third kappa shape index (κ3) is 5.07. The average molecular weight is 533 g/mol. The van der Waals surface area contributed by atoms with Crippen LogP contribution in [-0.2, 0) is 14.3 Å². The Hall–Kier alpha value is -4.70. The van der Waals surface area contributed by atoms with Crippen LogP contribution in [0, 0.1) is 6.92 Å². The molecule has 38 heavy (non-hydrogen) atoms. The van der Waals surface area contributed by atoms with Gasteiger partial charge in [-0.3, -0.25) is 14.5 Å². The minimum Gasteiger partial charge on any atom is -0.504 e. The maximum absolute atomic E-state index is 13.4. The van der Waals surface area contributed by atoms with E-state index in [0.29, 0.717) is 11.3 Å². The van der Waals surface area contributed by atoms with Crippen LogP contribution in [0.5, 0.6) is 11.5 Å². The molecule has 0 saturated carbocycles. The SMILES string of the molecule is C=CCOC(=O)c1sc(N2C(=O)C(O)=C(C(=O)/C=C/c3ccccc3)C2c2ccc(O)c(OC)c2)nc1C. The highest BCUT2D eigenvalue weighted by atomic mass is 32.1. The van der Waals surface area contributed by atoms with E-state index >= 15 is 0 Å². The quantitative estimate of drug-likeness (QED) is 0.231. The fourth-order valence-electron chi connectivity index (χ4n) is 3.93. The van der Waals surface area contributed by atoms with E-state index in [2.05, 4.69) is 11.6 Å². The number of benzene rings is 2. The van der Waals surface area contributed by atoms with Gasteiger partial charge in [0.15, 0.2) is 28.2 Å². The number of phenols is 1. The van der Waals surface area contributed by atoms with E-state index in [-0.39, 0.29) is 33.7 Å². The number of ether oxygens (including phenoxy) is 2. The molecule has 2 N–H and O–H groups in total. The number of allylic oxidation sites excluding steroid dienone is 1. The second kappa shape index (κ2) is 11.1. The molecule has 0 bridgehead atoms. The lowest BCUT2D eigenvalue weighted by atomic mass is 9.95. The van der Waals surface area contributed by atoms with E-state index in [4.69, 9.17) is 9.47 Å². The summed E-state index contributed by atoms with van der Waals surface area (Å²) in [7, 11) is 1.36. The molecule has 1 aliphatic heterocycles. The number of amides is 1. The average Bonchev–Trinajstić information content (AvgIpc) is 3.43. The van der Waals surface area contributed by atoms with E-state index in [1.165, 1.54) is 37.5 Å². The molecule has 1 aromatic heterocycles. The Balaban J connectivity index is 1.81. The van der Waals surface area contributed by atoms with Crippen molar-refractivity contribution in [2.24, 2.45) is 0 Å². The van der Waals surface area contributed by atoms with Crippen molar-refractivity contribution < 1.29 is 34.1 Å². The molecular formula is C28H24N2O7S. The van der Waals surface area contributed by atoms with Gasteiger partial charge in [0, 0.05) is 0 Å². The molecule has 2 heterocycles. The lowest BCUT2D eigenvalue weighted by Gasteiger charge is -2.24. The molecule has 0 aliphatic carbocycles. The van der Waals surface area contributed by atoms with E-state index in [1.54, 1.807) is 25.1 Å². The molecule has 0 radical (unpaired) electrons. The fourth-order valence-corrected chi connectivity index (χ4v) is 4.92. The minimum absolute atomic E-state index is 0.00117. The van der Waals surface area contributed by atoms with Crippen LogP contribution >= 0.6 is 11.3 Å². The number of rotatable bonds is 9. The van der Waals surface area contributed by atoms with Crippen LogP contribution in [0.25, 0.3) is 6.08 Å². The van der Waals surface area contributed by atoms with Gasteiger partial charge in [0.1, 0.15) is 11.5 Å². The number of aliphatic hydroxyl groups excluding tert-OH is 1. The summed E-state index contributed by atoms with van der Waals surface area (Å²) >= 11 is 0.894. The zero-order valence-corrected chi connectivity index (χ0v) is 21.4. The number of aliphatic hydroxyl groups is 1. The van der Waals surface area contributed by atoms with Gasteiger partial charge in [-0.1, -0.05) is 66.5 Å². The molecule has 4 rings (SSSR count). The molecule has 1 atom stereocenters. The number of thiazole rings is 1. The predicted molar refractivity (Wildman–Crippen MR) is 142 cm³/mol. The molecule has 10 heteroatoms. The molecule has 1 unspecified atom stereocenters. The Morgan fingerprint density at radius 3 is 2.61 bits per heavy atom. The molecule has 0 fully saturated rings. The number of hydrogen-bond donors (Lipinski definition) is 2. The highest BCUT2D eigenvalue weighted by molar-refractivity contribution is 7.17. The Bertz CT molecular complexity index is 1470. The van der Waals surface area contributed by atoms with Gasteiger partial charge in [-0.05, 0) is 36.3 Å². The summed E-state index contributed by atoms with van der Waals surface area (Å²) in [5, 5.41) is 21.1. The minimum atomic E-state index is -1.12. The number of aromatic nitrogens is 1. The lowest BCUT2D eigenvalue weighted by Crippen LogP contribution is -2.30. The molecule has 3 aromatic rings. The second-order valence-corrected chi connectivity index (χ2v) is 9.16. The van der Waals surface area contributed by atoms with Gasteiger partial charge >= 0.3 is 5.97 Å². The van der Waals surface area contributed by atoms with Crippen molar-refractivity contribution in [3.63, 3.8) is 0 Å². The predicted octanol–water partition coefficient (Wildman–Crippen LogP) is 4.69. The maximum atomic E-state index is 13.4. The van der Waals surface area contributed by atoms with Crippen LogP contribution in [0.1, 0.15) is 32.5 Å². The lowest BCUT2D eigenvalue weighted by molar-refractivity contribution is -0.117. The first-order valence-electron chi connectivity index (χ1n) is 11.4. The summed E-state index contributed by atoms with van der Waals surface area (Å²) in [6, 6.07) is 12.3. The Morgan fingerprint density at radius 2 is 1.92 bits per heavy atom. The van der Waals surface area contributed by atoms with Crippen molar-refractivity contribution in [3.8, 4) is 11.5 Å². The zero-order valence-electron chi connectivity index (χ0n) is 20.6. The van der Waals surface area contributed by atoms with Gasteiger partial charge < -0.3 is 19.7 Å². The number of ketones is 1. The first kappa shape index (κ1) is 26.4. The standard InChI is InChI=1S/C28H24N2O7S/c1-4-14-37-27(35)25-16(2)29-28(38-25)30-23(18-11-13-19(31)21(15-18)36-3)22(24(33)26(30)34)20(32)12-10-17-8-6-5-7-9-17/h4-13,15,23,31,33H,1,14H2,2-3H3/b12-10+. The van der Waals surface area contributed by atoms with E-state index in [9.17, 15) is 24.6 Å². The number of carbonyl (C=O) groups excluding carboxylic acids is 3. The first-order valence-corrected chi connectivity index (χ1v) is 12.2. The number of esters is 1. The van der Waals surface area contributed by atoms with Gasteiger partial charge in [-0.2, -0.15) is 0 Å². The third-order valence-corrected chi connectivity index (χ3v) is 6.87. The normalized spacial score (nSPS) is 15.3. The summed E-state index contributed by atoms with van der Waals surface area (Å²) in [4.78, 5) is 44.9. The molecule has 1 amide bonds. The molecule has 0 spiro atoms. The van der Waals surface area contributed by atoms with E-state index in [1.807, 2.05) is 18.2 Å². The van der Waals surface area contributed by atoms with Crippen LogP contribution in [-0.4, -0.2) is 46.6 Å². The Morgan fingerprint density at radius 1 is 1.18 bits per heavy atom. The molecule has 194 valence electrons. The number of anilines is 1. The van der Waals surface area contributed by atoms with Crippen LogP contribution in [0.2, 0.25) is 0 Å². The van der Waals surface area contributed by atoms with Gasteiger partial charge in [0.2, 0.25) is 0 Å². The van der Waals surface area contributed by atoms with Gasteiger partial charge in [0.05, 0.1) is 24.4 Å². The van der Waals surface area contributed by atoms with E-state index in [0.717, 1.165) is 21.8 Å². The summed E-state index contributed by atoms with van der Waals surface area (Å²) in [5.41, 5.74) is 1.26. The first-order chi connectivity index (χ1) is 18.3. The van der Waals surface area contributed by atoms with Crippen LogP contribution in [0.15, 0.2) is 78.6 Å².